The van der Waals surface area contributed by atoms with Crippen molar-refractivity contribution >= 4 is 23.5 Å². The third kappa shape index (κ3) is 5.80. The Morgan fingerprint density at radius 3 is 2.85 bits per heavy atom. The van der Waals surface area contributed by atoms with Crippen molar-refractivity contribution in [2.75, 3.05) is 33.7 Å². The minimum Gasteiger partial charge on any atom is -0.487 e. The van der Waals surface area contributed by atoms with E-state index in [2.05, 4.69) is 29.1 Å². The Morgan fingerprint density at radius 2 is 2.19 bits per heavy atom. The normalized spacial score (nSPS) is 18.6. The number of nitrogens with zero attached hydrogens (tertiary/aromatic N) is 3. The van der Waals surface area contributed by atoms with Crippen LogP contribution in [0.15, 0.2) is 29.3 Å². The molecule has 0 spiro atoms. The van der Waals surface area contributed by atoms with E-state index in [0.717, 1.165) is 25.3 Å². The molecular weight excluding hydrogens is 352 g/mol. The molecule has 1 aromatic rings. The van der Waals surface area contributed by atoms with Crippen LogP contribution < -0.4 is 10.1 Å². The number of nitrogens with one attached hydrogen (secondary N) is 1. The third-order valence-corrected chi connectivity index (χ3v) is 4.74. The number of carbonyl (C=O) groups excluding carboxylic acids is 1. The van der Waals surface area contributed by atoms with Gasteiger partial charge in [-0.05, 0) is 25.5 Å². The maximum atomic E-state index is 11.9. The summed E-state index contributed by atoms with van der Waals surface area (Å²) in [6.45, 7) is 5.90. The molecule has 6 nitrogen and oxygen atoms in total. The molecule has 2 atom stereocenters. The zero-order valence-corrected chi connectivity index (χ0v) is 16.8. The lowest BCUT2D eigenvalue weighted by Crippen LogP contribution is -2.45. The quantitative estimate of drug-likeness (QED) is 0.608. The predicted molar refractivity (Wildman–Crippen MR) is 106 cm³/mol. The summed E-state index contributed by atoms with van der Waals surface area (Å²) in [6, 6.07) is 7.80. The van der Waals surface area contributed by atoms with E-state index < -0.39 is 0 Å². The highest BCUT2D eigenvalue weighted by molar-refractivity contribution is 6.32. The molecule has 0 aromatic heterocycles. The number of likely N-dealkylation sites (tertiary alicyclic amines) is 1. The number of para-hydroxylation sites is 1. The smallest absolute Gasteiger partial charge is 0.243 e. The van der Waals surface area contributed by atoms with E-state index in [0.29, 0.717) is 17.3 Å². The molecule has 2 rings (SSSR count). The molecule has 0 bridgehead atoms. The van der Waals surface area contributed by atoms with Crippen molar-refractivity contribution in [2.45, 2.75) is 38.8 Å². The first kappa shape index (κ1) is 20.4. The van der Waals surface area contributed by atoms with E-state index in [1.807, 2.05) is 24.3 Å². The number of carbonyl (C=O) groups is 1. The zero-order valence-electron chi connectivity index (χ0n) is 16.0. The van der Waals surface area contributed by atoms with Crippen molar-refractivity contribution < 1.29 is 9.53 Å². The monoisotopic (exact) mass is 380 g/mol. The number of hydrogen-bond donors (Lipinski definition) is 1. The molecule has 26 heavy (non-hydrogen) atoms. The topological polar surface area (TPSA) is 57.2 Å². The van der Waals surface area contributed by atoms with Crippen LogP contribution in [0.1, 0.15) is 26.7 Å². The minimum absolute atomic E-state index is 0.0171. The van der Waals surface area contributed by atoms with Gasteiger partial charge in [-0.25, -0.2) is 4.99 Å². The van der Waals surface area contributed by atoms with E-state index in [1.165, 1.54) is 0 Å². The van der Waals surface area contributed by atoms with E-state index in [4.69, 9.17) is 16.3 Å². The number of benzene rings is 1. The van der Waals surface area contributed by atoms with Crippen molar-refractivity contribution in [3.63, 3.8) is 0 Å². The van der Waals surface area contributed by atoms with Crippen molar-refractivity contribution in [3.05, 3.63) is 29.3 Å². The molecule has 144 valence electrons. The van der Waals surface area contributed by atoms with Crippen LogP contribution >= 0.6 is 11.6 Å². The Labute approximate surface area is 161 Å². The van der Waals surface area contributed by atoms with Gasteiger partial charge in [-0.15, -0.1) is 0 Å². The van der Waals surface area contributed by atoms with Gasteiger partial charge in [-0.2, -0.15) is 0 Å². The summed E-state index contributed by atoms with van der Waals surface area (Å²) < 4.78 is 6.05. The molecule has 1 fully saturated rings. The largest absolute Gasteiger partial charge is 0.487 e. The molecule has 1 aliphatic heterocycles. The van der Waals surface area contributed by atoms with Gasteiger partial charge in [-0.3, -0.25) is 4.79 Å². The first-order valence-corrected chi connectivity index (χ1v) is 9.45. The molecule has 0 aliphatic carbocycles. The van der Waals surface area contributed by atoms with E-state index >= 15 is 0 Å². The second kappa shape index (κ2) is 9.67. The molecule has 1 heterocycles. The van der Waals surface area contributed by atoms with E-state index in [9.17, 15) is 4.79 Å². The van der Waals surface area contributed by atoms with E-state index in [1.54, 1.807) is 19.0 Å². The molecule has 7 heteroatoms. The third-order valence-electron chi connectivity index (χ3n) is 4.43. The van der Waals surface area contributed by atoms with Crippen molar-refractivity contribution in [2.24, 2.45) is 4.99 Å². The van der Waals surface area contributed by atoms with Gasteiger partial charge in [-0.1, -0.05) is 30.7 Å². The summed E-state index contributed by atoms with van der Waals surface area (Å²) >= 11 is 6.19. The molecule has 1 amide bonds. The van der Waals surface area contributed by atoms with Gasteiger partial charge in [0, 0.05) is 33.1 Å². The van der Waals surface area contributed by atoms with E-state index in [-0.39, 0.29) is 24.6 Å². The highest BCUT2D eigenvalue weighted by Gasteiger charge is 2.27. The fraction of sp³-hybridized carbons (Fsp3) is 0.579. The summed E-state index contributed by atoms with van der Waals surface area (Å²) in [4.78, 5) is 20.1. The molecule has 1 N–H and O–H groups in total. The highest BCUT2D eigenvalue weighted by Crippen LogP contribution is 2.26. The summed E-state index contributed by atoms with van der Waals surface area (Å²) in [7, 11) is 3.48. The molecular formula is C19H29ClN4O2. The number of likely N-dealkylation sites (N-methyl/N-ethyl adjacent to an activating group) is 1. The second-order valence-electron chi connectivity index (χ2n) is 6.79. The average molecular weight is 381 g/mol. The Hall–Kier alpha value is -1.95. The molecule has 0 radical (unpaired) electrons. The lowest BCUT2D eigenvalue weighted by atomic mass is 10.3. The van der Waals surface area contributed by atoms with Crippen LogP contribution in [0.25, 0.3) is 0 Å². The van der Waals surface area contributed by atoms with Crippen molar-refractivity contribution in [3.8, 4) is 5.75 Å². The minimum atomic E-state index is -0.0171. The number of amides is 1. The number of rotatable bonds is 6. The predicted octanol–water partition coefficient (Wildman–Crippen LogP) is 2.63. The molecule has 1 aliphatic rings. The Morgan fingerprint density at radius 1 is 1.46 bits per heavy atom. The Balaban J connectivity index is 2.02. The number of aliphatic imine (C=N–C) groups is 1. The zero-order chi connectivity index (χ0) is 19.1. The second-order valence-corrected chi connectivity index (χ2v) is 7.19. The van der Waals surface area contributed by atoms with Crippen LogP contribution in [-0.2, 0) is 4.79 Å². The molecule has 0 saturated carbocycles. The maximum Gasteiger partial charge on any atom is 0.243 e. The number of hydrogen-bond acceptors (Lipinski definition) is 3. The summed E-state index contributed by atoms with van der Waals surface area (Å²) in [5.74, 6) is 1.45. The number of halogens is 1. The van der Waals surface area contributed by atoms with Crippen LogP contribution in [0, 0.1) is 0 Å². The van der Waals surface area contributed by atoms with Gasteiger partial charge in [0.1, 0.15) is 18.4 Å². The Bertz CT molecular complexity index is 636. The van der Waals surface area contributed by atoms with Crippen LogP contribution in [0.4, 0.5) is 0 Å². The fourth-order valence-electron chi connectivity index (χ4n) is 2.58. The highest BCUT2D eigenvalue weighted by atomic mass is 35.5. The fourth-order valence-corrected chi connectivity index (χ4v) is 2.76. The number of guanidine groups is 1. The SMILES string of the molecule is CCC(C)NC(=NCC(=O)N(C)C)N1CCC(Oc2ccccc2Cl)C1. The molecule has 1 aromatic carbocycles. The maximum absolute atomic E-state index is 11.9. The van der Waals surface area contributed by atoms with Crippen LogP contribution in [0.5, 0.6) is 5.75 Å². The van der Waals surface area contributed by atoms with Crippen LogP contribution in [-0.4, -0.2) is 67.5 Å². The average Bonchev–Trinajstić information content (AvgIpc) is 3.08. The van der Waals surface area contributed by atoms with Crippen LogP contribution in [0.3, 0.4) is 0 Å². The van der Waals surface area contributed by atoms with Crippen molar-refractivity contribution in [1.29, 1.82) is 0 Å². The summed E-state index contributed by atoms with van der Waals surface area (Å²) in [5, 5.41) is 4.04. The number of ether oxygens (including phenoxy) is 1. The first-order valence-electron chi connectivity index (χ1n) is 9.08. The van der Waals surface area contributed by atoms with Gasteiger partial charge in [0.2, 0.25) is 5.91 Å². The lowest BCUT2D eigenvalue weighted by Gasteiger charge is -2.25. The van der Waals surface area contributed by atoms with Gasteiger partial charge in [0.25, 0.3) is 0 Å². The first-order chi connectivity index (χ1) is 12.4. The van der Waals surface area contributed by atoms with Crippen molar-refractivity contribution in [1.82, 2.24) is 15.1 Å². The summed E-state index contributed by atoms with van der Waals surface area (Å²) in [5.41, 5.74) is 0. The van der Waals surface area contributed by atoms with Gasteiger partial charge < -0.3 is 19.9 Å². The Kier molecular flexibility index (Phi) is 7.57. The van der Waals surface area contributed by atoms with Gasteiger partial charge in [0.15, 0.2) is 5.96 Å². The van der Waals surface area contributed by atoms with Gasteiger partial charge in [0.05, 0.1) is 11.6 Å². The van der Waals surface area contributed by atoms with Gasteiger partial charge >= 0.3 is 0 Å². The lowest BCUT2D eigenvalue weighted by molar-refractivity contribution is -0.127. The standard InChI is InChI=1S/C19H29ClN4O2/c1-5-14(2)22-19(21-12-18(25)23(3)4)24-11-10-15(13-24)26-17-9-7-6-8-16(17)20/h6-9,14-15H,5,10-13H2,1-4H3,(H,21,22). The summed E-state index contributed by atoms with van der Waals surface area (Å²) in [6.07, 6.45) is 1.91. The van der Waals surface area contributed by atoms with Crippen LogP contribution in [0.2, 0.25) is 5.02 Å². The molecule has 2 unspecified atom stereocenters. The molecule has 1 saturated heterocycles.